The van der Waals surface area contributed by atoms with Crippen LogP contribution in [-0.4, -0.2) is 26.0 Å². The highest BCUT2D eigenvalue weighted by Gasteiger charge is 2.27. The highest BCUT2D eigenvalue weighted by atomic mass is 16.2. The van der Waals surface area contributed by atoms with Crippen molar-refractivity contribution in [1.82, 2.24) is 0 Å². The van der Waals surface area contributed by atoms with Gasteiger partial charge in [-0.3, -0.25) is 4.79 Å². The number of carbonyl (C=O) groups is 1. The van der Waals surface area contributed by atoms with Crippen molar-refractivity contribution in [1.29, 1.82) is 0 Å². The Morgan fingerprint density at radius 1 is 1.32 bits per heavy atom. The van der Waals surface area contributed by atoms with E-state index in [-0.39, 0.29) is 11.3 Å². The molecule has 4 heteroatoms. The van der Waals surface area contributed by atoms with Gasteiger partial charge in [0.1, 0.15) is 0 Å². The molecule has 0 aromatic heterocycles. The molecule has 1 aromatic rings. The molecule has 0 bridgehead atoms. The van der Waals surface area contributed by atoms with E-state index in [0.29, 0.717) is 0 Å². The molecule has 0 heterocycles. The number of aryl methyl sites for hydroxylation is 1. The van der Waals surface area contributed by atoms with E-state index < -0.39 is 6.04 Å². The summed E-state index contributed by atoms with van der Waals surface area (Å²) >= 11 is 0. The third-order valence-electron chi connectivity index (χ3n) is 3.20. The van der Waals surface area contributed by atoms with E-state index in [2.05, 4.69) is 5.32 Å². The summed E-state index contributed by atoms with van der Waals surface area (Å²) in [6, 6.07) is 5.40. The Balaban J connectivity index is 2.86. The van der Waals surface area contributed by atoms with Crippen LogP contribution in [0.5, 0.6) is 0 Å². The van der Waals surface area contributed by atoms with Crippen molar-refractivity contribution in [3.63, 3.8) is 0 Å². The molecule has 1 atom stereocenters. The number of rotatable bonds is 3. The highest BCUT2D eigenvalue weighted by Crippen LogP contribution is 2.23. The maximum absolute atomic E-state index is 12.1. The lowest BCUT2D eigenvalue weighted by atomic mass is 9.87. The summed E-state index contributed by atoms with van der Waals surface area (Å²) in [4.78, 5) is 14.1. The number of hydrogen-bond donors (Lipinski definition) is 2. The normalized spacial score (nSPS) is 13.0. The first-order chi connectivity index (χ1) is 8.62. The minimum atomic E-state index is -0.527. The minimum Gasteiger partial charge on any atom is -0.378 e. The topological polar surface area (TPSA) is 58.4 Å². The molecular formula is C15H25N3O. The van der Waals surface area contributed by atoms with Crippen molar-refractivity contribution in [2.75, 3.05) is 24.3 Å². The second-order valence-corrected chi connectivity index (χ2v) is 6.23. The zero-order valence-electron chi connectivity index (χ0n) is 12.7. The van der Waals surface area contributed by atoms with Crippen LogP contribution in [0.2, 0.25) is 0 Å². The average molecular weight is 263 g/mol. The predicted molar refractivity (Wildman–Crippen MR) is 81.6 cm³/mol. The molecule has 0 fully saturated rings. The Morgan fingerprint density at radius 3 is 2.32 bits per heavy atom. The fraction of sp³-hybridized carbons (Fsp3) is 0.533. The third kappa shape index (κ3) is 3.96. The second-order valence-electron chi connectivity index (χ2n) is 6.23. The lowest BCUT2D eigenvalue weighted by Crippen LogP contribution is -2.45. The van der Waals surface area contributed by atoms with Crippen LogP contribution in [0.3, 0.4) is 0 Å². The molecule has 106 valence electrons. The molecule has 4 nitrogen and oxygen atoms in total. The van der Waals surface area contributed by atoms with Crippen LogP contribution in [0.25, 0.3) is 0 Å². The molecule has 0 unspecified atom stereocenters. The Bertz CT molecular complexity index is 461. The fourth-order valence-electron chi connectivity index (χ4n) is 1.67. The molecule has 0 saturated heterocycles. The van der Waals surface area contributed by atoms with Crippen molar-refractivity contribution in [2.45, 2.75) is 33.7 Å². The number of benzene rings is 1. The van der Waals surface area contributed by atoms with Gasteiger partial charge in [0.25, 0.3) is 0 Å². The van der Waals surface area contributed by atoms with E-state index in [1.165, 1.54) is 0 Å². The SMILES string of the molecule is Cc1cc(N(C)C)ccc1NC(=O)[C@@H](N)C(C)(C)C. The number of amides is 1. The maximum Gasteiger partial charge on any atom is 0.241 e. The van der Waals surface area contributed by atoms with E-state index in [1.54, 1.807) is 0 Å². The molecule has 1 rings (SSSR count). The van der Waals surface area contributed by atoms with Crippen LogP contribution in [0.15, 0.2) is 18.2 Å². The lowest BCUT2D eigenvalue weighted by Gasteiger charge is -2.26. The van der Waals surface area contributed by atoms with Crippen molar-refractivity contribution in [2.24, 2.45) is 11.1 Å². The Kier molecular flexibility index (Phi) is 4.58. The van der Waals surface area contributed by atoms with Crippen molar-refractivity contribution < 1.29 is 4.79 Å². The van der Waals surface area contributed by atoms with Crippen molar-refractivity contribution in [3.05, 3.63) is 23.8 Å². The van der Waals surface area contributed by atoms with Crippen LogP contribution < -0.4 is 16.0 Å². The summed E-state index contributed by atoms with van der Waals surface area (Å²) in [5.41, 5.74) is 8.65. The van der Waals surface area contributed by atoms with Gasteiger partial charge < -0.3 is 16.0 Å². The summed E-state index contributed by atoms with van der Waals surface area (Å²) in [5.74, 6) is -0.145. The van der Waals surface area contributed by atoms with Gasteiger partial charge in [0.15, 0.2) is 0 Å². The molecule has 3 N–H and O–H groups in total. The van der Waals surface area contributed by atoms with Gasteiger partial charge in [-0.15, -0.1) is 0 Å². The maximum atomic E-state index is 12.1. The lowest BCUT2D eigenvalue weighted by molar-refractivity contribution is -0.119. The first-order valence-corrected chi connectivity index (χ1v) is 6.47. The zero-order chi connectivity index (χ0) is 14.8. The molecule has 0 radical (unpaired) electrons. The van der Waals surface area contributed by atoms with Gasteiger partial charge in [-0.05, 0) is 36.1 Å². The summed E-state index contributed by atoms with van der Waals surface area (Å²) in [7, 11) is 3.98. The number of nitrogens with one attached hydrogen (secondary N) is 1. The third-order valence-corrected chi connectivity index (χ3v) is 3.20. The first kappa shape index (κ1) is 15.5. The molecule has 1 aromatic carbocycles. The standard InChI is InChI=1S/C15H25N3O/c1-10-9-11(18(5)6)7-8-12(10)17-14(19)13(16)15(2,3)4/h7-9,13H,16H2,1-6H3,(H,17,19)/t13-/m1/s1. The Hall–Kier alpha value is -1.55. The fourth-order valence-corrected chi connectivity index (χ4v) is 1.67. The van der Waals surface area contributed by atoms with Gasteiger partial charge in [0.2, 0.25) is 5.91 Å². The summed E-state index contributed by atoms with van der Waals surface area (Å²) < 4.78 is 0. The van der Waals surface area contributed by atoms with E-state index in [9.17, 15) is 4.79 Å². The highest BCUT2D eigenvalue weighted by molar-refractivity contribution is 5.96. The zero-order valence-corrected chi connectivity index (χ0v) is 12.7. The number of nitrogens with two attached hydrogens (primary N) is 1. The van der Waals surface area contributed by atoms with Gasteiger partial charge in [-0.25, -0.2) is 0 Å². The number of hydrogen-bond acceptors (Lipinski definition) is 3. The van der Waals surface area contributed by atoms with Gasteiger partial charge in [-0.1, -0.05) is 20.8 Å². The molecule has 0 aliphatic heterocycles. The smallest absolute Gasteiger partial charge is 0.241 e. The first-order valence-electron chi connectivity index (χ1n) is 6.47. The minimum absolute atomic E-state index is 0.145. The van der Waals surface area contributed by atoms with Crippen LogP contribution in [-0.2, 0) is 4.79 Å². The quantitative estimate of drug-likeness (QED) is 0.880. The van der Waals surface area contributed by atoms with Gasteiger partial charge in [0, 0.05) is 25.5 Å². The molecule has 0 spiro atoms. The molecular weight excluding hydrogens is 238 g/mol. The summed E-state index contributed by atoms with van der Waals surface area (Å²) in [5, 5.41) is 2.90. The molecule has 0 aliphatic carbocycles. The number of nitrogens with zero attached hydrogens (tertiary/aromatic N) is 1. The predicted octanol–water partition coefficient (Wildman–Crippen LogP) is 2.37. The van der Waals surface area contributed by atoms with Gasteiger partial charge in [0.05, 0.1) is 6.04 Å². The molecule has 19 heavy (non-hydrogen) atoms. The van der Waals surface area contributed by atoms with Crippen molar-refractivity contribution >= 4 is 17.3 Å². The van der Waals surface area contributed by atoms with Crippen LogP contribution >= 0.6 is 0 Å². The largest absolute Gasteiger partial charge is 0.378 e. The summed E-state index contributed by atoms with van der Waals surface area (Å²) in [6.45, 7) is 7.85. The van der Waals surface area contributed by atoms with Crippen LogP contribution in [0.4, 0.5) is 11.4 Å². The molecule has 0 saturated carbocycles. The monoisotopic (exact) mass is 263 g/mol. The Morgan fingerprint density at radius 2 is 1.89 bits per heavy atom. The van der Waals surface area contributed by atoms with E-state index in [1.807, 2.05) is 64.9 Å². The summed E-state index contributed by atoms with van der Waals surface area (Å²) in [6.07, 6.45) is 0. The number of anilines is 2. The van der Waals surface area contributed by atoms with Gasteiger partial charge in [-0.2, -0.15) is 0 Å². The van der Waals surface area contributed by atoms with Crippen LogP contribution in [0, 0.1) is 12.3 Å². The number of carbonyl (C=O) groups excluding carboxylic acids is 1. The van der Waals surface area contributed by atoms with Gasteiger partial charge >= 0.3 is 0 Å². The van der Waals surface area contributed by atoms with E-state index in [0.717, 1.165) is 16.9 Å². The van der Waals surface area contributed by atoms with Crippen molar-refractivity contribution in [3.8, 4) is 0 Å². The van der Waals surface area contributed by atoms with E-state index in [4.69, 9.17) is 5.73 Å². The van der Waals surface area contributed by atoms with E-state index >= 15 is 0 Å². The Labute approximate surface area is 116 Å². The molecule has 0 aliphatic rings. The van der Waals surface area contributed by atoms with Crippen LogP contribution in [0.1, 0.15) is 26.3 Å². The average Bonchev–Trinajstić information content (AvgIpc) is 2.29. The second kappa shape index (κ2) is 5.61. The molecule has 1 amide bonds.